The fraction of sp³-hybridized carbons (Fsp3) is 0. The van der Waals surface area contributed by atoms with Gasteiger partial charge in [0, 0.05) is 34.1 Å². The van der Waals surface area contributed by atoms with Crippen LogP contribution in [0.4, 0.5) is 17.2 Å². The van der Waals surface area contributed by atoms with Crippen molar-refractivity contribution in [1.29, 1.82) is 0 Å². The first kappa shape index (κ1) is 24.5. The molecule has 3 heterocycles. The Bertz CT molecular complexity index is 2340. The van der Waals surface area contributed by atoms with Gasteiger partial charge < -0.3 is 0 Å². The number of nitrogens with zero attached hydrogens (tertiary/aromatic N) is 5. The number of para-hydroxylation sites is 4. The molecule has 1 aliphatic rings. The number of rotatable bonds is 4. The second-order valence-corrected chi connectivity index (χ2v) is 11.0. The van der Waals surface area contributed by atoms with Crippen LogP contribution in [0.2, 0.25) is 0 Å². The van der Waals surface area contributed by atoms with Crippen molar-refractivity contribution >= 4 is 39.0 Å². The average Bonchev–Trinajstić information content (AvgIpc) is 3.49. The Hall–Kier alpha value is -6.07. The number of anilines is 3. The van der Waals surface area contributed by atoms with Crippen LogP contribution in [0.15, 0.2) is 152 Å². The molecule has 9 rings (SSSR count). The molecule has 0 atom stereocenters. The highest BCUT2D eigenvalue weighted by Gasteiger charge is 2.28. The molecular weight excluding hydrogens is 538 g/mol. The van der Waals surface area contributed by atoms with E-state index in [0.29, 0.717) is 0 Å². The molecule has 44 heavy (non-hydrogen) atoms. The molecule has 0 N–H and O–H groups in total. The summed E-state index contributed by atoms with van der Waals surface area (Å²) in [6.07, 6.45) is 3.57. The van der Waals surface area contributed by atoms with Crippen molar-refractivity contribution in [3.63, 3.8) is 0 Å². The highest BCUT2D eigenvalue weighted by Crippen LogP contribution is 2.50. The molecule has 0 radical (unpaired) electrons. The van der Waals surface area contributed by atoms with Crippen molar-refractivity contribution in [1.82, 2.24) is 19.5 Å². The maximum Gasteiger partial charge on any atom is 0.148 e. The summed E-state index contributed by atoms with van der Waals surface area (Å²) in [6, 6.07) is 49.0. The van der Waals surface area contributed by atoms with Crippen LogP contribution in [0.3, 0.4) is 0 Å². The Kier molecular flexibility index (Phi) is 5.43. The third kappa shape index (κ3) is 3.76. The van der Waals surface area contributed by atoms with Crippen LogP contribution in [0.5, 0.6) is 0 Å². The van der Waals surface area contributed by atoms with Gasteiger partial charge in [0.05, 0.1) is 16.7 Å². The third-order valence-electron chi connectivity index (χ3n) is 8.43. The first-order valence-electron chi connectivity index (χ1n) is 14.7. The fourth-order valence-electron chi connectivity index (χ4n) is 6.51. The van der Waals surface area contributed by atoms with Gasteiger partial charge in [-0.05, 0) is 82.7 Å². The van der Waals surface area contributed by atoms with Gasteiger partial charge in [-0.1, -0.05) is 78.9 Å². The largest absolute Gasteiger partial charge is 0.294 e. The van der Waals surface area contributed by atoms with Crippen LogP contribution in [0, 0.1) is 0 Å². The average molecular weight is 564 g/mol. The lowest BCUT2D eigenvalue weighted by Crippen LogP contribution is -2.16. The van der Waals surface area contributed by atoms with Crippen molar-refractivity contribution in [3.05, 3.63) is 152 Å². The summed E-state index contributed by atoms with van der Waals surface area (Å²) >= 11 is 0. The number of imidazole rings is 1. The van der Waals surface area contributed by atoms with Gasteiger partial charge >= 0.3 is 0 Å². The second-order valence-electron chi connectivity index (χ2n) is 11.0. The van der Waals surface area contributed by atoms with E-state index in [4.69, 9.17) is 9.97 Å². The van der Waals surface area contributed by atoms with Crippen molar-refractivity contribution in [2.75, 3.05) is 4.90 Å². The molecular formula is C39H25N5. The first-order chi connectivity index (χ1) is 21.8. The van der Waals surface area contributed by atoms with E-state index in [1.165, 1.54) is 10.8 Å². The molecule has 206 valence electrons. The van der Waals surface area contributed by atoms with E-state index in [1.807, 2.05) is 24.4 Å². The summed E-state index contributed by atoms with van der Waals surface area (Å²) in [5.74, 6) is 1.80. The number of hydrogen-bond acceptors (Lipinski definition) is 4. The van der Waals surface area contributed by atoms with Gasteiger partial charge in [-0.25, -0.2) is 15.0 Å². The van der Waals surface area contributed by atoms with Crippen LogP contribution in [0.1, 0.15) is 0 Å². The zero-order chi connectivity index (χ0) is 29.0. The van der Waals surface area contributed by atoms with Gasteiger partial charge in [-0.3, -0.25) is 9.47 Å². The molecule has 0 fully saturated rings. The number of hydrogen-bond donors (Lipinski definition) is 0. The van der Waals surface area contributed by atoms with E-state index in [2.05, 4.69) is 136 Å². The summed E-state index contributed by atoms with van der Waals surface area (Å²) < 4.78 is 2.25. The van der Waals surface area contributed by atoms with Crippen LogP contribution >= 0.6 is 0 Å². The van der Waals surface area contributed by atoms with Crippen LogP contribution < -0.4 is 4.90 Å². The predicted molar refractivity (Wildman–Crippen MR) is 179 cm³/mol. The van der Waals surface area contributed by atoms with E-state index in [-0.39, 0.29) is 0 Å². The maximum atomic E-state index is 5.11. The van der Waals surface area contributed by atoms with Crippen molar-refractivity contribution in [2.24, 2.45) is 0 Å². The van der Waals surface area contributed by atoms with Crippen LogP contribution in [0.25, 0.3) is 61.1 Å². The summed E-state index contributed by atoms with van der Waals surface area (Å²) in [5, 5.41) is 2.37. The minimum atomic E-state index is 0.883. The molecule has 0 saturated heterocycles. The van der Waals surface area contributed by atoms with Gasteiger partial charge in [0.1, 0.15) is 18.0 Å². The highest BCUT2D eigenvalue weighted by molar-refractivity contribution is 6.14. The smallest absolute Gasteiger partial charge is 0.148 e. The van der Waals surface area contributed by atoms with Gasteiger partial charge in [0.15, 0.2) is 0 Å². The Labute approximate surface area is 254 Å². The van der Waals surface area contributed by atoms with Crippen molar-refractivity contribution < 1.29 is 0 Å². The minimum absolute atomic E-state index is 0.883. The third-order valence-corrected chi connectivity index (χ3v) is 8.43. The predicted octanol–water partition coefficient (Wildman–Crippen LogP) is 9.75. The lowest BCUT2D eigenvalue weighted by atomic mass is 9.89. The Morgan fingerprint density at radius 2 is 1.30 bits per heavy atom. The normalized spacial score (nSPS) is 12.0. The Balaban J connectivity index is 1.24. The van der Waals surface area contributed by atoms with Gasteiger partial charge in [-0.2, -0.15) is 0 Å². The minimum Gasteiger partial charge on any atom is -0.294 e. The van der Waals surface area contributed by atoms with E-state index >= 15 is 0 Å². The van der Waals surface area contributed by atoms with Crippen LogP contribution in [-0.2, 0) is 0 Å². The zero-order valence-corrected chi connectivity index (χ0v) is 23.7. The molecule has 6 aromatic carbocycles. The molecule has 0 spiro atoms. The molecule has 0 amide bonds. The molecule has 5 heteroatoms. The molecule has 5 nitrogen and oxygen atoms in total. The SMILES string of the molecule is c1ccc(N2c3ncncc3-c3cc(-c4cccc(-c5nc6ccccc6n5-c5ccccc5)c4)cc4cccc2c34)cc1. The highest BCUT2D eigenvalue weighted by atomic mass is 15.2. The summed E-state index contributed by atoms with van der Waals surface area (Å²) in [7, 11) is 0. The van der Waals surface area contributed by atoms with E-state index in [9.17, 15) is 0 Å². The maximum absolute atomic E-state index is 5.11. The standard InChI is InChI=1S/C39H25N5/c1-3-14-30(15-4-1)43-35-19-8-7-18-34(35)42-38(43)28-13-9-11-26(21-28)29-22-27-12-10-20-36-37(27)32(23-29)33-24-40-25-41-39(33)44(36)31-16-5-2-6-17-31/h1-25H. The fourth-order valence-corrected chi connectivity index (χ4v) is 6.51. The van der Waals surface area contributed by atoms with E-state index in [1.54, 1.807) is 6.33 Å². The monoisotopic (exact) mass is 563 g/mol. The van der Waals surface area contributed by atoms with Crippen LogP contribution in [-0.4, -0.2) is 19.5 Å². The quantitative estimate of drug-likeness (QED) is 0.214. The molecule has 2 aromatic heterocycles. The van der Waals surface area contributed by atoms with Gasteiger partial charge in [0.25, 0.3) is 0 Å². The lowest BCUT2D eigenvalue weighted by molar-refractivity contribution is 1.10. The molecule has 0 aliphatic carbocycles. The molecule has 0 saturated carbocycles. The number of aromatic nitrogens is 4. The number of fused-ring (bicyclic) bond motifs is 3. The molecule has 1 aliphatic heterocycles. The summed E-state index contributed by atoms with van der Waals surface area (Å²) in [6.45, 7) is 0. The molecule has 0 bridgehead atoms. The molecule has 0 unspecified atom stereocenters. The molecule has 8 aromatic rings. The number of benzene rings is 6. The zero-order valence-electron chi connectivity index (χ0n) is 23.7. The topological polar surface area (TPSA) is 46.8 Å². The second kappa shape index (κ2) is 9.75. The first-order valence-corrected chi connectivity index (χ1v) is 14.7. The lowest BCUT2D eigenvalue weighted by Gasteiger charge is -2.32. The summed E-state index contributed by atoms with van der Waals surface area (Å²) in [5.41, 5.74) is 10.8. The summed E-state index contributed by atoms with van der Waals surface area (Å²) in [4.78, 5) is 16.6. The van der Waals surface area contributed by atoms with E-state index < -0.39 is 0 Å². The van der Waals surface area contributed by atoms with E-state index in [0.717, 1.165) is 67.6 Å². The Morgan fingerprint density at radius 1 is 0.545 bits per heavy atom. The van der Waals surface area contributed by atoms with Gasteiger partial charge in [-0.15, -0.1) is 0 Å². The van der Waals surface area contributed by atoms with Gasteiger partial charge in [0.2, 0.25) is 0 Å². The van der Waals surface area contributed by atoms with Crippen molar-refractivity contribution in [2.45, 2.75) is 0 Å². The Morgan fingerprint density at radius 3 is 2.16 bits per heavy atom. The van der Waals surface area contributed by atoms with Crippen molar-refractivity contribution in [3.8, 4) is 39.3 Å².